The zero-order chi connectivity index (χ0) is 19.0. The quantitative estimate of drug-likeness (QED) is 0.826. The summed E-state index contributed by atoms with van der Waals surface area (Å²) >= 11 is 0. The molecule has 1 unspecified atom stereocenters. The van der Waals surface area contributed by atoms with E-state index in [-0.39, 0.29) is 23.8 Å². The fourth-order valence-corrected chi connectivity index (χ4v) is 3.01. The summed E-state index contributed by atoms with van der Waals surface area (Å²) in [5.74, 6) is -1.82. The van der Waals surface area contributed by atoms with E-state index in [9.17, 15) is 14.4 Å². The number of benzene rings is 2. The van der Waals surface area contributed by atoms with E-state index < -0.39 is 12.0 Å². The lowest BCUT2D eigenvalue weighted by Crippen LogP contribution is -2.35. The van der Waals surface area contributed by atoms with Gasteiger partial charge >= 0.3 is 5.97 Å². The molecule has 0 aromatic heterocycles. The van der Waals surface area contributed by atoms with Gasteiger partial charge in [-0.1, -0.05) is 12.1 Å². The minimum absolute atomic E-state index is 0.0303. The van der Waals surface area contributed by atoms with Crippen molar-refractivity contribution in [3.63, 3.8) is 0 Å². The number of aryl methyl sites for hydroxylation is 3. The number of carboxylic acid groups (broad SMARTS) is 1. The molecule has 6 heteroatoms. The normalized spacial score (nSPS) is 16.9. The largest absolute Gasteiger partial charge is 0.478 e. The average molecular weight is 352 g/mol. The molecular formula is C20H20N2O4. The Morgan fingerprint density at radius 3 is 2.38 bits per heavy atom. The molecule has 26 heavy (non-hydrogen) atoms. The van der Waals surface area contributed by atoms with Crippen LogP contribution in [0.25, 0.3) is 0 Å². The third-order valence-corrected chi connectivity index (χ3v) is 4.69. The van der Waals surface area contributed by atoms with Gasteiger partial charge in [0.15, 0.2) is 0 Å². The molecule has 3 rings (SSSR count). The lowest BCUT2D eigenvalue weighted by atomic mass is 10.1. The Kier molecular flexibility index (Phi) is 4.50. The first-order valence-electron chi connectivity index (χ1n) is 8.32. The number of carbonyl (C=O) groups excluding carboxylic acids is 2. The Bertz CT molecular complexity index is 920. The van der Waals surface area contributed by atoms with E-state index in [0.29, 0.717) is 11.3 Å². The number of anilines is 2. The molecule has 0 radical (unpaired) electrons. The maximum atomic E-state index is 12.8. The molecule has 134 valence electrons. The molecule has 1 saturated heterocycles. The van der Waals surface area contributed by atoms with Crippen LogP contribution in [0.5, 0.6) is 0 Å². The van der Waals surface area contributed by atoms with E-state index in [4.69, 9.17) is 5.11 Å². The van der Waals surface area contributed by atoms with Crippen LogP contribution in [0.3, 0.4) is 0 Å². The molecule has 0 aliphatic carbocycles. The van der Waals surface area contributed by atoms with Gasteiger partial charge in [0.25, 0.3) is 5.91 Å². The number of hydrogen-bond donors (Lipinski definition) is 2. The summed E-state index contributed by atoms with van der Waals surface area (Å²) < 4.78 is 0. The Hall–Kier alpha value is -3.15. The molecule has 0 saturated carbocycles. The number of nitrogens with zero attached hydrogens (tertiary/aromatic N) is 1. The van der Waals surface area contributed by atoms with Crippen molar-refractivity contribution < 1.29 is 19.5 Å². The van der Waals surface area contributed by atoms with Gasteiger partial charge in [0.05, 0.1) is 17.7 Å². The molecule has 2 N–H and O–H groups in total. The van der Waals surface area contributed by atoms with Gasteiger partial charge in [-0.2, -0.15) is 0 Å². The van der Waals surface area contributed by atoms with Crippen LogP contribution in [-0.4, -0.2) is 28.9 Å². The molecule has 1 atom stereocenters. The summed E-state index contributed by atoms with van der Waals surface area (Å²) in [7, 11) is 0. The van der Waals surface area contributed by atoms with Crippen LogP contribution in [0.2, 0.25) is 0 Å². The zero-order valence-corrected chi connectivity index (χ0v) is 14.9. The van der Waals surface area contributed by atoms with Crippen molar-refractivity contribution >= 4 is 29.2 Å². The Labute approximate surface area is 151 Å². The number of imide groups is 1. The Morgan fingerprint density at radius 2 is 1.73 bits per heavy atom. The van der Waals surface area contributed by atoms with E-state index in [0.717, 1.165) is 21.7 Å². The van der Waals surface area contributed by atoms with E-state index in [2.05, 4.69) is 5.32 Å². The van der Waals surface area contributed by atoms with Gasteiger partial charge in [-0.15, -0.1) is 0 Å². The lowest BCUT2D eigenvalue weighted by molar-refractivity contribution is -0.121. The van der Waals surface area contributed by atoms with Gasteiger partial charge in [0.2, 0.25) is 5.91 Å². The summed E-state index contributed by atoms with van der Waals surface area (Å²) in [5.41, 5.74) is 4.04. The average Bonchev–Trinajstić information content (AvgIpc) is 2.85. The second-order valence-corrected chi connectivity index (χ2v) is 6.57. The lowest BCUT2D eigenvalue weighted by Gasteiger charge is -2.19. The van der Waals surface area contributed by atoms with Crippen LogP contribution in [0.4, 0.5) is 11.4 Å². The SMILES string of the molecule is Cc1ccc(NC2CC(=O)N(c3cc(C(=O)O)ccc3C)C2=O)cc1C. The highest BCUT2D eigenvalue weighted by Crippen LogP contribution is 2.29. The second-order valence-electron chi connectivity index (χ2n) is 6.57. The predicted molar refractivity (Wildman–Crippen MR) is 98.6 cm³/mol. The molecule has 2 amide bonds. The van der Waals surface area contributed by atoms with Crippen LogP contribution in [0, 0.1) is 20.8 Å². The minimum atomic E-state index is -1.10. The molecule has 0 bridgehead atoms. The number of nitrogens with one attached hydrogen (secondary N) is 1. The minimum Gasteiger partial charge on any atom is -0.478 e. The second kappa shape index (κ2) is 6.63. The summed E-state index contributed by atoms with van der Waals surface area (Å²) in [6.07, 6.45) is 0.0303. The first kappa shape index (κ1) is 17.7. The Balaban J connectivity index is 1.88. The smallest absolute Gasteiger partial charge is 0.335 e. The van der Waals surface area contributed by atoms with Crippen molar-refractivity contribution in [1.29, 1.82) is 0 Å². The zero-order valence-electron chi connectivity index (χ0n) is 14.9. The van der Waals surface area contributed by atoms with Gasteiger partial charge in [0.1, 0.15) is 6.04 Å². The molecule has 2 aromatic carbocycles. The van der Waals surface area contributed by atoms with Gasteiger partial charge in [-0.05, 0) is 61.7 Å². The summed E-state index contributed by atoms with van der Waals surface area (Å²) in [5, 5.41) is 12.3. The molecule has 1 aliphatic rings. The number of amides is 2. The van der Waals surface area contributed by atoms with Gasteiger partial charge in [-0.3, -0.25) is 9.59 Å². The number of hydrogen-bond acceptors (Lipinski definition) is 4. The van der Waals surface area contributed by atoms with Crippen LogP contribution < -0.4 is 10.2 Å². The van der Waals surface area contributed by atoms with Gasteiger partial charge < -0.3 is 10.4 Å². The van der Waals surface area contributed by atoms with E-state index in [1.165, 1.54) is 12.1 Å². The van der Waals surface area contributed by atoms with Crippen LogP contribution in [0.15, 0.2) is 36.4 Å². The first-order chi connectivity index (χ1) is 12.3. The highest BCUT2D eigenvalue weighted by atomic mass is 16.4. The van der Waals surface area contributed by atoms with E-state index in [1.54, 1.807) is 13.0 Å². The topological polar surface area (TPSA) is 86.7 Å². The number of rotatable bonds is 4. The number of aromatic carboxylic acids is 1. The van der Waals surface area contributed by atoms with Crippen LogP contribution in [0.1, 0.15) is 33.5 Å². The molecule has 0 spiro atoms. The third kappa shape index (κ3) is 3.18. The fourth-order valence-electron chi connectivity index (χ4n) is 3.01. The van der Waals surface area contributed by atoms with Crippen LogP contribution in [-0.2, 0) is 9.59 Å². The predicted octanol–water partition coefficient (Wildman–Crippen LogP) is 3.05. The third-order valence-electron chi connectivity index (χ3n) is 4.69. The van der Waals surface area contributed by atoms with E-state index >= 15 is 0 Å². The summed E-state index contributed by atoms with van der Waals surface area (Å²) in [6, 6.07) is 9.52. The van der Waals surface area contributed by atoms with Crippen molar-refractivity contribution in [3.05, 3.63) is 58.7 Å². The van der Waals surface area contributed by atoms with Crippen molar-refractivity contribution in [2.75, 3.05) is 10.2 Å². The monoisotopic (exact) mass is 352 g/mol. The number of carbonyl (C=O) groups is 3. The van der Waals surface area contributed by atoms with Gasteiger partial charge in [-0.25, -0.2) is 9.69 Å². The van der Waals surface area contributed by atoms with Crippen molar-refractivity contribution in [2.45, 2.75) is 33.2 Å². The molecule has 1 heterocycles. The van der Waals surface area contributed by atoms with Gasteiger partial charge in [0, 0.05) is 5.69 Å². The van der Waals surface area contributed by atoms with Crippen molar-refractivity contribution in [2.24, 2.45) is 0 Å². The van der Waals surface area contributed by atoms with Crippen molar-refractivity contribution in [3.8, 4) is 0 Å². The summed E-state index contributed by atoms with van der Waals surface area (Å²) in [6.45, 7) is 5.73. The standard InChI is InChI=1S/C20H20N2O4/c1-11-5-7-15(8-13(11)3)21-16-10-18(23)22(19(16)24)17-9-14(20(25)26)6-4-12(17)2/h4-9,16,21H,10H2,1-3H3,(H,25,26). The molecule has 2 aromatic rings. The van der Waals surface area contributed by atoms with E-state index in [1.807, 2.05) is 32.0 Å². The Morgan fingerprint density at radius 1 is 1.04 bits per heavy atom. The number of carboxylic acids is 1. The molecule has 1 fully saturated rings. The highest BCUT2D eigenvalue weighted by Gasteiger charge is 2.40. The maximum Gasteiger partial charge on any atom is 0.335 e. The molecule has 1 aliphatic heterocycles. The molecular weight excluding hydrogens is 332 g/mol. The van der Waals surface area contributed by atoms with Crippen LogP contribution >= 0.6 is 0 Å². The summed E-state index contributed by atoms with van der Waals surface area (Å²) in [4.78, 5) is 37.5. The fraction of sp³-hybridized carbons (Fsp3) is 0.250. The highest BCUT2D eigenvalue weighted by molar-refractivity contribution is 6.23. The van der Waals surface area contributed by atoms with Crippen molar-refractivity contribution in [1.82, 2.24) is 0 Å². The molecule has 6 nitrogen and oxygen atoms in total. The maximum absolute atomic E-state index is 12.8. The first-order valence-corrected chi connectivity index (χ1v) is 8.32.